The van der Waals surface area contributed by atoms with Gasteiger partial charge in [0.1, 0.15) is 12.7 Å². The molecule has 1 aliphatic heterocycles. The Morgan fingerprint density at radius 3 is 2.09 bits per heavy atom. The summed E-state index contributed by atoms with van der Waals surface area (Å²) in [6, 6.07) is 8.64. The zero-order chi connectivity index (χ0) is 25.0. The molecule has 0 aliphatic carbocycles. The Hall–Kier alpha value is -4.06. The van der Waals surface area contributed by atoms with Crippen molar-refractivity contribution in [2.45, 2.75) is 45.3 Å². The molecule has 0 amide bonds. The van der Waals surface area contributed by atoms with E-state index in [0.717, 1.165) is 37.6 Å². The van der Waals surface area contributed by atoms with E-state index in [1.54, 1.807) is 18.2 Å². The molecule has 12 nitrogen and oxygen atoms in total. The van der Waals surface area contributed by atoms with Gasteiger partial charge in [0.15, 0.2) is 18.4 Å². The molecule has 0 saturated carbocycles. The van der Waals surface area contributed by atoms with E-state index in [4.69, 9.17) is 18.9 Å². The SMILES string of the molecule is CC(=O)OC[C@H]1O[C@@H](n2ccc(=O)n(C(=O)c3ccccc3)c2=O)[C@H](OC(C)=O)[C@@H]1OC(C)=O. The molecule has 1 saturated heterocycles. The number of hydrogen-bond acceptors (Lipinski definition) is 10. The Kier molecular flexibility index (Phi) is 7.41. The molecule has 0 N–H and O–H groups in total. The molecule has 1 fully saturated rings. The highest BCUT2D eigenvalue weighted by molar-refractivity contribution is 5.95. The Labute approximate surface area is 192 Å². The third-order valence-corrected chi connectivity index (χ3v) is 4.85. The monoisotopic (exact) mass is 474 g/mol. The molecule has 1 aromatic heterocycles. The Bertz CT molecular complexity index is 1220. The van der Waals surface area contributed by atoms with Gasteiger partial charge in [0, 0.05) is 38.6 Å². The fourth-order valence-electron chi connectivity index (χ4n) is 3.50. The quantitative estimate of drug-likeness (QED) is 0.414. The summed E-state index contributed by atoms with van der Waals surface area (Å²) in [5.74, 6) is -3.03. The number of esters is 3. The minimum absolute atomic E-state index is 0.0915. The van der Waals surface area contributed by atoms with Gasteiger partial charge in [-0.3, -0.25) is 28.5 Å². The molecule has 180 valence electrons. The molecule has 0 spiro atoms. The van der Waals surface area contributed by atoms with Crippen molar-refractivity contribution in [1.29, 1.82) is 0 Å². The first-order chi connectivity index (χ1) is 16.1. The van der Waals surface area contributed by atoms with Gasteiger partial charge >= 0.3 is 23.6 Å². The second kappa shape index (κ2) is 10.3. The fraction of sp³-hybridized carbons (Fsp3) is 0.364. The smallest absolute Gasteiger partial charge is 0.340 e. The van der Waals surface area contributed by atoms with Gasteiger partial charge in [0.2, 0.25) is 0 Å². The first-order valence-electron chi connectivity index (χ1n) is 10.2. The normalized spacial score (nSPS) is 21.5. The lowest BCUT2D eigenvalue weighted by molar-refractivity contribution is -0.166. The van der Waals surface area contributed by atoms with Crippen molar-refractivity contribution in [1.82, 2.24) is 9.13 Å². The van der Waals surface area contributed by atoms with Gasteiger partial charge < -0.3 is 18.9 Å². The standard InChI is InChI=1S/C22H22N2O10/c1-12(25)31-11-16-18(32-13(2)26)19(33-14(3)27)21(34-16)23-10-9-17(28)24(22(23)30)20(29)15-7-5-4-6-8-15/h4-10,16,18-19,21H,11H2,1-3H3/t16-,18-,19-,21-/m1/s1. The van der Waals surface area contributed by atoms with Crippen LogP contribution in [0.1, 0.15) is 37.4 Å². The van der Waals surface area contributed by atoms with Crippen LogP contribution in [0, 0.1) is 0 Å². The van der Waals surface area contributed by atoms with E-state index in [9.17, 15) is 28.8 Å². The predicted molar refractivity (Wildman–Crippen MR) is 113 cm³/mol. The van der Waals surface area contributed by atoms with Crippen LogP contribution in [-0.2, 0) is 33.3 Å². The third-order valence-electron chi connectivity index (χ3n) is 4.85. The zero-order valence-electron chi connectivity index (χ0n) is 18.5. The summed E-state index contributed by atoms with van der Waals surface area (Å²) >= 11 is 0. The number of aromatic nitrogens is 2. The topological polar surface area (TPSA) is 149 Å². The van der Waals surface area contributed by atoms with Crippen LogP contribution in [0.15, 0.2) is 52.2 Å². The summed E-state index contributed by atoms with van der Waals surface area (Å²) in [7, 11) is 0. The maximum Gasteiger partial charge on any atom is 0.340 e. The van der Waals surface area contributed by atoms with Crippen molar-refractivity contribution in [3.05, 3.63) is 69.0 Å². The zero-order valence-corrected chi connectivity index (χ0v) is 18.5. The summed E-state index contributed by atoms with van der Waals surface area (Å²) < 4.78 is 22.6. The van der Waals surface area contributed by atoms with Crippen LogP contribution in [0.25, 0.3) is 0 Å². The van der Waals surface area contributed by atoms with E-state index < -0.39 is 59.6 Å². The van der Waals surface area contributed by atoms with Gasteiger partial charge in [-0.15, -0.1) is 0 Å². The number of carbonyl (C=O) groups excluding carboxylic acids is 4. The first kappa shape index (κ1) is 24.6. The maximum absolute atomic E-state index is 13.2. The highest BCUT2D eigenvalue weighted by Crippen LogP contribution is 2.33. The molecule has 2 aromatic rings. The van der Waals surface area contributed by atoms with Crippen LogP contribution in [-0.4, -0.2) is 57.9 Å². The Morgan fingerprint density at radius 1 is 0.882 bits per heavy atom. The minimum atomic E-state index is -1.41. The molecule has 0 radical (unpaired) electrons. The summed E-state index contributed by atoms with van der Waals surface area (Å²) in [5.41, 5.74) is -1.86. The van der Waals surface area contributed by atoms with Crippen LogP contribution in [0.5, 0.6) is 0 Å². The lowest BCUT2D eigenvalue weighted by atomic mass is 10.1. The Morgan fingerprint density at radius 2 is 1.50 bits per heavy atom. The van der Waals surface area contributed by atoms with Crippen LogP contribution in [0.3, 0.4) is 0 Å². The van der Waals surface area contributed by atoms with E-state index in [1.807, 2.05) is 0 Å². The van der Waals surface area contributed by atoms with Crippen molar-refractivity contribution in [2.24, 2.45) is 0 Å². The summed E-state index contributed by atoms with van der Waals surface area (Å²) in [6.45, 7) is 3.00. The van der Waals surface area contributed by atoms with Gasteiger partial charge in [-0.2, -0.15) is 4.57 Å². The van der Waals surface area contributed by atoms with Crippen LogP contribution >= 0.6 is 0 Å². The highest BCUT2D eigenvalue weighted by atomic mass is 16.7. The molecule has 34 heavy (non-hydrogen) atoms. The minimum Gasteiger partial charge on any atom is -0.463 e. The molecular weight excluding hydrogens is 452 g/mol. The van der Waals surface area contributed by atoms with E-state index >= 15 is 0 Å². The predicted octanol–water partition coefficient (Wildman–Crippen LogP) is 0.0224. The Balaban J connectivity index is 2.08. The number of nitrogens with zero attached hydrogens (tertiary/aromatic N) is 2. The summed E-state index contributed by atoms with van der Waals surface area (Å²) in [4.78, 5) is 73.2. The largest absolute Gasteiger partial charge is 0.463 e. The van der Waals surface area contributed by atoms with E-state index in [2.05, 4.69) is 0 Å². The molecule has 0 bridgehead atoms. The van der Waals surface area contributed by atoms with Crippen LogP contribution in [0.2, 0.25) is 0 Å². The second-order valence-corrected chi connectivity index (χ2v) is 7.37. The van der Waals surface area contributed by atoms with Crippen molar-refractivity contribution < 1.29 is 38.1 Å². The third kappa shape index (κ3) is 5.29. The molecule has 2 heterocycles. The summed E-state index contributed by atoms with van der Waals surface area (Å²) in [6.07, 6.45) is -4.05. The second-order valence-electron chi connectivity index (χ2n) is 7.37. The number of hydrogen-bond donors (Lipinski definition) is 0. The van der Waals surface area contributed by atoms with Gasteiger partial charge in [-0.25, -0.2) is 4.79 Å². The van der Waals surface area contributed by atoms with Crippen LogP contribution < -0.4 is 11.2 Å². The van der Waals surface area contributed by atoms with E-state index in [1.165, 1.54) is 12.1 Å². The molecule has 1 aliphatic rings. The maximum atomic E-state index is 13.2. The van der Waals surface area contributed by atoms with Gasteiger partial charge in [-0.1, -0.05) is 18.2 Å². The van der Waals surface area contributed by atoms with E-state index in [0.29, 0.717) is 4.57 Å². The van der Waals surface area contributed by atoms with Gasteiger partial charge in [-0.05, 0) is 12.1 Å². The number of rotatable bonds is 6. The van der Waals surface area contributed by atoms with Crippen molar-refractivity contribution >= 4 is 23.8 Å². The summed E-state index contributed by atoms with van der Waals surface area (Å²) in [5, 5.41) is 0. The van der Waals surface area contributed by atoms with Crippen molar-refractivity contribution in [3.63, 3.8) is 0 Å². The number of ether oxygens (including phenoxy) is 4. The fourth-order valence-corrected chi connectivity index (χ4v) is 3.50. The molecule has 3 rings (SSSR count). The molecule has 4 atom stereocenters. The average Bonchev–Trinajstić information content (AvgIpc) is 3.08. The van der Waals surface area contributed by atoms with Crippen molar-refractivity contribution in [2.75, 3.05) is 6.61 Å². The first-order valence-corrected chi connectivity index (χ1v) is 10.2. The van der Waals surface area contributed by atoms with Crippen molar-refractivity contribution in [3.8, 4) is 0 Å². The molecular formula is C22H22N2O10. The number of carbonyl (C=O) groups is 4. The lowest BCUT2D eigenvalue weighted by Gasteiger charge is -2.24. The lowest BCUT2D eigenvalue weighted by Crippen LogP contribution is -2.47. The molecule has 1 aromatic carbocycles. The van der Waals surface area contributed by atoms with Crippen LogP contribution in [0.4, 0.5) is 0 Å². The van der Waals surface area contributed by atoms with E-state index in [-0.39, 0.29) is 12.2 Å². The molecule has 0 unspecified atom stereocenters. The van der Waals surface area contributed by atoms with Gasteiger partial charge in [0.25, 0.3) is 11.5 Å². The molecule has 12 heteroatoms. The van der Waals surface area contributed by atoms with Gasteiger partial charge in [0.05, 0.1) is 0 Å². The average molecular weight is 474 g/mol. The number of benzene rings is 1. The highest BCUT2D eigenvalue weighted by Gasteiger charge is 2.51.